The summed E-state index contributed by atoms with van der Waals surface area (Å²) >= 11 is 0. The van der Waals surface area contributed by atoms with Gasteiger partial charge in [0.1, 0.15) is 0 Å². The zero-order valence-electron chi connectivity index (χ0n) is 18.8. The third-order valence-electron chi connectivity index (χ3n) is 4.59. The number of hydrogen-bond donors (Lipinski definition) is 0. The lowest BCUT2D eigenvalue weighted by molar-refractivity contribution is -0.131. The first kappa shape index (κ1) is 27.3. The largest absolute Gasteiger partial charge is 0.353 e. The number of hydrogen-bond acceptors (Lipinski definition) is 4. The third kappa shape index (κ3) is 19.4. The molecule has 0 aromatic heterocycles. The van der Waals surface area contributed by atoms with E-state index in [2.05, 4.69) is 27.7 Å². The molecule has 0 fully saturated rings. The van der Waals surface area contributed by atoms with E-state index in [4.69, 9.17) is 18.9 Å². The standard InChI is InChI=1S/C21H48O4Si2/c1-5-9-13-22-20(23-14-10-6-2)17-26-19-27-18-21(24-15-11-7-3)25-16-12-8-4/h20-21H,5-19,26-27H2,1-4H3. The Bertz CT molecular complexity index is 237. The molecule has 0 N–H and O–H groups in total. The Morgan fingerprint density at radius 2 is 0.815 bits per heavy atom. The molecule has 0 aromatic carbocycles. The highest BCUT2D eigenvalue weighted by atomic mass is 28.3. The Labute approximate surface area is 174 Å². The second kappa shape index (κ2) is 22.6. The average Bonchev–Trinajstić information content (AvgIpc) is 2.67. The highest BCUT2D eigenvalue weighted by Gasteiger charge is 2.12. The van der Waals surface area contributed by atoms with Gasteiger partial charge in [-0.1, -0.05) is 59.0 Å². The molecule has 0 rings (SSSR count). The van der Waals surface area contributed by atoms with Gasteiger partial charge >= 0.3 is 0 Å². The van der Waals surface area contributed by atoms with Crippen LogP contribution >= 0.6 is 0 Å². The molecule has 0 aromatic rings. The smallest absolute Gasteiger partial charge is 0.154 e. The van der Waals surface area contributed by atoms with Crippen LogP contribution in [0.5, 0.6) is 0 Å². The summed E-state index contributed by atoms with van der Waals surface area (Å²) in [4.78, 5) is 0. The monoisotopic (exact) mass is 420 g/mol. The van der Waals surface area contributed by atoms with Crippen molar-refractivity contribution in [2.75, 3.05) is 26.4 Å². The number of rotatable bonds is 22. The van der Waals surface area contributed by atoms with Crippen molar-refractivity contribution in [1.29, 1.82) is 0 Å². The SMILES string of the molecule is CCCCOC(C[SiH2]C[SiH2]CC(OCCCC)OCCCC)OCCCC. The molecule has 27 heavy (non-hydrogen) atoms. The predicted molar refractivity (Wildman–Crippen MR) is 123 cm³/mol. The fraction of sp³-hybridized carbons (Fsp3) is 1.00. The summed E-state index contributed by atoms with van der Waals surface area (Å²) < 4.78 is 23.9. The first-order valence-corrected chi connectivity index (χ1v) is 15.7. The van der Waals surface area contributed by atoms with E-state index in [1.54, 1.807) is 0 Å². The first-order chi connectivity index (χ1) is 13.3. The van der Waals surface area contributed by atoms with E-state index in [-0.39, 0.29) is 31.6 Å². The van der Waals surface area contributed by atoms with E-state index in [0.29, 0.717) is 0 Å². The van der Waals surface area contributed by atoms with E-state index in [1.807, 2.05) is 0 Å². The molecule has 0 bridgehead atoms. The topological polar surface area (TPSA) is 36.9 Å². The van der Waals surface area contributed by atoms with E-state index in [1.165, 1.54) is 43.4 Å². The van der Waals surface area contributed by atoms with Crippen molar-refractivity contribution in [3.05, 3.63) is 0 Å². The lowest BCUT2D eigenvalue weighted by Crippen LogP contribution is -2.23. The van der Waals surface area contributed by atoms with E-state index < -0.39 is 0 Å². The summed E-state index contributed by atoms with van der Waals surface area (Å²) in [7, 11) is -0.188. The van der Waals surface area contributed by atoms with Crippen molar-refractivity contribution in [1.82, 2.24) is 0 Å². The molecule has 0 heterocycles. The molecule has 6 heteroatoms. The van der Waals surface area contributed by atoms with Crippen LogP contribution in [-0.4, -0.2) is 58.0 Å². The van der Waals surface area contributed by atoms with Crippen LogP contribution in [0, 0.1) is 0 Å². The van der Waals surface area contributed by atoms with Crippen LogP contribution in [0.3, 0.4) is 0 Å². The van der Waals surface area contributed by atoms with Gasteiger partial charge in [-0.2, -0.15) is 0 Å². The Balaban J connectivity index is 3.97. The van der Waals surface area contributed by atoms with Crippen LogP contribution < -0.4 is 0 Å². The summed E-state index contributed by atoms with van der Waals surface area (Å²) in [5, 5.41) is 0. The van der Waals surface area contributed by atoms with Crippen molar-refractivity contribution in [3.8, 4) is 0 Å². The van der Waals surface area contributed by atoms with Crippen molar-refractivity contribution in [2.45, 2.75) is 109 Å². The molecule has 0 aliphatic rings. The molecular formula is C21H48O4Si2. The molecule has 0 radical (unpaired) electrons. The van der Waals surface area contributed by atoms with Gasteiger partial charge in [0.25, 0.3) is 0 Å². The zero-order valence-corrected chi connectivity index (χ0v) is 21.6. The third-order valence-corrected chi connectivity index (χ3v) is 10.3. The maximum atomic E-state index is 5.97. The van der Waals surface area contributed by atoms with E-state index in [0.717, 1.165) is 52.1 Å². The van der Waals surface area contributed by atoms with Crippen LogP contribution in [0.4, 0.5) is 0 Å². The minimum absolute atomic E-state index is 0.0566. The highest BCUT2D eigenvalue weighted by Crippen LogP contribution is 2.09. The van der Waals surface area contributed by atoms with Crippen molar-refractivity contribution in [2.24, 2.45) is 0 Å². The van der Waals surface area contributed by atoms with Crippen molar-refractivity contribution >= 4 is 19.0 Å². The molecular weight excluding hydrogens is 372 g/mol. The van der Waals surface area contributed by atoms with Crippen LogP contribution in [0.15, 0.2) is 0 Å². The predicted octanol–water partition coefficient (Wildman–Crippen LogP) is 4.46. The van der Waals surface area contributed by atoms with E-state index in [9.17, 15) is 0 Å². The summed E-state index contributed by atoms with van der Waals surface area (Å²) in [6.45, 7) is 12.2. The minimum Gasteiger partial charge on any atom is -0.353 e. The maximum absolute atomic E-state index is 5.97. The minimum atomic E-state index is -0.0941. The quantitative estimate of drug-likeness (QED) is 0.147. The summed E-state index contributed by atoms with van der Waals surface area (Å²) in [5.41, 5.74) is 1.45. The highest BCUT2D eigenvalue weighted by molar-refractivity contribution is 6.55. The first-order valence-electron chi connectivity index (χ1n) is 11.7. The Hall–Kier alpha value is 0.274. The lowest BCUT2D eigenvalue weighted by Gasteiger charge is -2.20. The summed E-state index contributed by atoms with van der Waals surface area (Å²) in [6.07, 6.45) is 9.39. The second-order valence-corrected chi connectivity index (χ2v) is 12.8. The van der Waals surface area contributed by atoms with Gasteiger partial charge in [0, 0.05) is 45.5 Å². The Kier molecular flexibility index (Phi) is 22.8. The number of ether oxygens (including phenoxy) is 4. The van der Waals surface area contributed by atoms with Gasteiger partial charge in [-0.15, -0.1) is 0 Å². The fourth-order valence-corrected chi connectivity index (χ4v) is 7.72. The van der Waals surface area contributed by atoms with Gasteiger partial charge in [-0.25, -0.2) is 0 Å². The van der Waals surface area contributed by atoms with Gasteiger partial charge < -0.3 is 18.9 Å². The van der Waals surface area contributed by atoms with Crippen LogP contribution in [0.1, 0.15) is 79.1 Å². The molecule has 164 valence electrons. The van der Waals surface area contributed by atoms with Gasteiger partial charge in [0.05, 0.1) is 0 Å². The average molecular weight is 421 g/mol. The fourth-order valence-electron chi connectivity index (χ4n) is 2.66. The summed E-state index contributed by atoms with van der Waals surface area (Å²) in [5.74, 6) is 0. The normalized spacial score (nSPS) is 12.7. The van der Waals surface area contributed by atoms with Crippen LogP contribution in [0.25, 0.3) is 0 Å². The molecule has 0 unspecified atom stereocenters. The number of unbranched alkanes of at least 4 members (excludes halogenated alkanes) is 4. The van der Waals surface area contributed by atoms with E-state index >= 15 is 0 Å². The van der Waals surface area contributed by atoms with Gasteiger partial charge in [-0.05, 0) is 37.8 Å². The molecule has 4 nitrogen and oxygen atoms in total. The Morgan fingerprint density at radius 1 is 0.519 bits per heavy atom. The molecule has 0 amide bonds. The van der Waals surface area contributed by atoms with Crippen LogP contribution in [-0.2, 0) is 18.9 Å². The van der Waals surface area contributed by atoms with Crippen molar-refractivity contribution < 1.29 is 18.9 Å². The molecule has 0 aliphatic carbocycles. The van der Waals surface area contributed by atoms with Gasteiger partial charge in [-0.3, -0.25) is 0 Å². The zero-order chi connectivity index (χ0) is 20.0. The molecule has 0 atom stereocenters. The summed E-state index contributed by atoms with van der Waals surface area (Å²) in [6, 6.07) is 2.33. The Morgan fingerprint density at radius 3 is 1.07 bits per heavy atom. The maximum Gasteiger partial charge on any atom is 0.154 e. The van der Waals surface area contributed by atoms with Gasteiger partial charge in [0.15, 0.2) is 12.6 Å². The van der Waals surface area contributed by atoms with Crippen LogP contribution in [0.2, 0.25) is 17.8 Å². The molecule has 0 saturated heterocycles. The van der Waals surface area contributed by atoms with Crippen molar-refractivity contribution in [3.63, 3.8) is 0 Å². The molecule has 0 spiro atoms. The second-order valence-electron chi connectivity index (χ2n) is 7.39. The molecule has 0 saturated carbocycles. The van der Waals surface area contributed by atoms with Gasteiger partial charge in [0.2, 0.25) is 0 Å². The lowest BCUT2D eigenvalue weighted by atomic mass is 10.4. The molecule has 0 aliphatic heterocycles.